The van der Waals surface area contributed by atoms with Crippen molar-refractivity contribution in [1.82, 2.24) is 5.32 Å². The molecule has 0 aliphatic heterocycles. The molecule has 0 saturated carbocycles. The first-order valence-electron chi connectivity index (χ1n) is 6.35. The summed E-state index contributed by atoms with van der Waals surface area (Å²) < 4.78 is 5.52. The standard InChI is InChI=1S/C14H22N2O2/c1-4-18-13-10-11(2)7-8-12(13)16-14(17)6-5-9-15-3/h7-8,10,15H,4-6,9H2,1-3H3,(H,16,17). The van der Waals surface area contributed by atoms with E-state index < -0.39 is 0 Å². The van der Waals surface area contributed by atoms with Crippen LogP contribution < -0.4 is 15.4 Å². The SMILES string of the molecule is CCOc1cc(C)ccc1NC(=O)CCCNC. The first kappa shape index (κ1) is 14.5. The molecule has 4 heteroatoms. The molecule has 1 amide bonds. The number of nitrogens with one attached hydrogen (secondary N) is 2. The van der Waals surface area contributed by atoms with Gasteiger partial charge in [0.1, 0.15) is 5.75 Å². The molecule has 0 bridgehead atoms. The Balaban J connectivity index is 2.62. The third-order valence-electron chi connectivity index (χ3n) is 2.54. The molecule has 0 fully saturated rings. The number of rotatable bonds is 7. The third kappa shape index (κ3) is 4.75. The second-order valence-electron chi connectivity index (χ2n) is 4.19. The fourth-order valence-corrected chi connectivity index (χ4v) is 1.65. The van der Waals surface area contributed by atoms with Gasteiger partial charge in [-0.3, -0.25) is 4.79 Å². The number of benzene rings is 1. The van der Waals surface area contributed by atoms with E-state index in [9.17, 15) is 4.79 Å². The van der Waals surface area contributed by atoms with Crippen LogP contribution in [-0.2, 0) is 4.79 Å². The molecule has 0 radical (unpaired) electrons. The summed E-state index contributed by atoms with van der Waals surface area (Å²) in [7, 11) is 1.88. The maximum atomic E-state index is 11.7. The number of amides is 1. The predicted molar refractivity (Wildman–Crippen MR) is 74.1 cm³/mol. The van der Waals surface area contributed by atoms with Crippen LogP contribution in [0.15, 0.2) is 18.2 Å². The number of anilines is 1. The Kier molecular flexibility index (Phi) is 6.22. The Bertz CT molecular complexity index is 391. The van der Waals surface area contributed by atoms with Crippen LogP contribution in [0.4, 0.5) is 5.69 Å². The van der Waals surface area contributed by atoms with Crippen molar-refractivity contribution in [3.05, 3.63) is 23.8 Å². The maximum absolute atomic E-state index is 11.7. The number of carbonyl (C=O) groups excluding carboxylic acids is 1. The summed E-state index contributed by atoms with van der Waals surface area (Å²) in [4.78, 5) is 11.7. The van der Waals surface area contributed by atoms with E-state index in [2.05, 4.69) is 10.6 Å². The van der Waals surface area contributed by atoms with E-state index in [1.165, 1.54) is 0 Å². The molecule has 2 N–H and O–H groups in total. The number of aryl methyl sites for hydroxylation is 1. The predicted octanol–water partition coefficient (Wildman–Crippen LogP) is 2.33. The Morgan fingerprint density at radius 2 is 2.17 bits per heavy atom. The third-order valence-corrected chi connectivity index (χ3v) is 2.54. The zero-order chi connectivity index (χ0) is 13.4. The van der Waals surface area contributed by atoms with Gasteiger partial charge >= 0.3 is 0 Å². The Labute approximate surface area is 109 Å². The second kappa shape index (κ2) is 7.71. The highest BCUT2D eigenvalue weighted by Gasteiger charge is 2.07. The Morgan fingerprint density at radius 3 is 2.83 bits per heavy atom. The minimum Gasteiger partial charge on any atom is -0.492 e. The molecular weight excluding hydrogens is 228 g/mol. The van der Waals surface area contributed by atoms with Crippen LogP contribution in [0, 0.1) is 6.92 Å². The summed E-state index contributed by atoms with van der Waals surface area (Å²) in [5, 5.41) is 5.91. The zero-order valence-corrected chi connectivity index (χ0v) is 11.4. The number of ether oxygens (including phenoxy) is 1. The normalized spacial score (nSPS) is 10.2. The molecule has 0 saturated heterocycles. The lowest BCUT2D eigenvalue weighted by atomic mass is 10.2. The summed E-state index contributed by atoms with van der Waals surface area (Å²) in [6, 6.07) is 5.79. The van der Waals surface area contributed by atoms with Gasteiger partial charge in [0.25, 0.3) is 0 Å². The summed E-state index contributed by atoms with van der Waals surface area (Å²) in [6.07, 6.45) is 1.35. The zero-order valence-electron chi connectivity index (χ0n) is 11.4. The summed E-state index contributed by atoms with van der Waals surface area (Å²) in [5.41, 5.74) is 1.86. The molecule has 1 rings (SSSR count). The van der Waals surface area contributed by atoms with E-state index in [0.717, 1.165) is 30.0 Å². The molecule has 0 heterocycles. The van der Waals surface area contributed by atoms with E-state index in [4.69, 9.17) is 4.74 Å². The fourth-order valence-electron chi connectivity index (χ4n) is 1.65. The molecule has 4 nitrogen and oxygen atoms in total. The molecule has 1 aromatic carbocycles. The monoisotopic (exact) mass is 250 g/mol. The van der Waals surface area contributed by atoms with E-state index in [0.29, 0.717) is 13.0 Å². The number of carbonyl (C=O) groups is 1. The van der Waals surface area contributed by atoms with Gasteiger partial charge in [0.15, 0.2) is 0 Å². The molecule has 0 aliphatic rings. The smallest absolute Gasteiger partial charge is 0.224 e. The lowest BCUT2D eigenvalue weighted by Gasteiger charge is -2.12. The molecule has 0 atom stereocenters. The van der Waals surface area contributed by atoms with E-state index >= 15 is 0 Å². The van der Waals surface area contributed by atoms with Gasteiger partial charge in [-0.2, -0.15) is 0 Å². The van der Waals surface area contributed by atoms with Crippen LogP contribution in [-0.4, -0.2) is 26.1 Å². The van der Waals surface area contributed by atoms with Gasteiger partial charge in [-0.15, -0.1) is 0 Å². The molecule has 100 valence electrons. The van der Waals surface area contributed by atoms with Crippen molar-refractivity contribution in [3.63, 3.8) is 0 Å². The molecule has 0 aliphatic carbocycles. The molecule has 0 unspecified atom stereocenters. The van der Waals surface area contributed by atoms with Crippen LogP contribution in [0.1, 0.15) is 25.3 Å². The number of hydrogen-bond donors (Lipinski definition) is 2. The topological polar surface area (TPSA) is 50.4 Å². The molecular formula is C14H22N2O2. The summed E-state index contributed by atoms with van der Waals surface area (Å²) >= 11 is 0. The van der Waals surface area contributed by atoms with Crippen molar-refractivity contribution in [2.24, 2.45) is 0 Å². The Morgan fingerprint density at radius 1 is 1.39 bits per heavy atom. The van der Waals surface area contributed by atoms with Gasteiger partial charge in [0.05, 0.1) is 12.3 Å². The average molecular weight is 250 g/mol. The molecule has 1 aromatic rings. The summed E-state index contributed by atoms with van der Waals surface area (Å²) in [6.45, 7) is 5.37. The van der Waals surface area contributed by atoms with Gasteiger partial charge in [-0.1, -0.05) is 6.07 Å². The van der Waals surface area contributed by atoms with Gasteiger partial charge in [-0.05, 0) is 51.6 Å². The summed E-state index contributed by atoms with van der Waals surface area (Å²) in [5.74, 6) is 0.759. The largest absolute Gasteiger partial charge is 0.492 e. The van der Waals surface area contributed by atoms with E-state index in [1.807, 2.05) is 39.1 Å². The van der Waals surface area contributed by atoms with Crippen molar-refractivity contribution < 1.29 is 9.53 Å². The quantitative estimate of drug-likeness (QED) is 0.730. The van der Waals surface area contributed by atoms with Crippen molar-refractivity contribution in [2.75, 3.05) is 25.5 Å². The van der Waals surface area contributed by atoms with E-state index in [-0.39, 0.29) is 5.91 Å². The first-order chi connectivity index (χ1) is 8.67. The molecule has 0 aromatic heterocycles. The minimum absolute atomic E-state index is 0.0232. The van der Waals surface area contributed by atoms with Crippen molar-refractivity contribution in [2.45, 2.75) is 26.7 Å². The van der Waals surface area contributed by atoms with Crippen molar-refractivity contribution in [1.29, 1.82) is 0 Å². The van der Waals surface area contributed by atoms with Crippen LogP contribution in [0.2, 0.25) is 0 Å². The highest BCUT2D eigenvalue weighted by atomic mass is 16.5. The van der Waals surface area contributed by atoms with Crippen LogP contribution >= 0.6 is 0 Å². The first-order valence-corrected chi connectivity index (χ1v) is 6.35. The van der Waals surface area contributed by atoms with Crippen molar-refractivity contribution in [3.8, 4) is 5.75 Å². The van der Waals surface area contributed by atoms with Gasteiger partial charge in [0.2, 0.25) is 5.91 Å². The maximum Gasteiger partial charge on any atom is 0.224 e. The number of hydrogen-bond acceptors (Lipinski definition) is 3. The van der Waals surface area contributed by atoms with Crippen molar-refractivity contribution >= 4 is 11.6 Å². The van der Waals surface area contributed by atoms with Gasteiger partial charge in [-0.25, -0.2) is 0 Å². The lowest BCUT2D eigenvalue weighted by Crippen LogP contribution is -2.15. The molecule has 18 heavy (non-hydrogen) atoms. The Hall–Kier alpha value is -1.55. The van der Waals surface area contributed by atoms with Crippen LogP contribution in [0.25, 0.3) is 0 Å². The lowest BCUT2D eigenvalue weighted by molar-refractivity contribution is -0.116. The van der Waals surface area contributed by atoms with E-state index in [1.54, 1.807) is 0 Å². The fraction of sp³-hybridized carbons (Fsp3) is 0.500. The highest BCUT2D eigenvalue weighted by Crippen LogP contribution is 2.25. The second-order valence-corrected chi connectivity index (χ2v) is 4.19. The van der Waals surface area contributed by atoms with Gasteiger partial charge < -0.3 is 15.4 Å². The average Bonchev–Trinajstić information content (AvgIpc) is 2.33. The van der Waals surface area contributed by atoms with Gasteiger partial charge in [0, 0.05) is 6.42 Å². The van der Waals surface area contributed by atoms with Crippen LogP contribution in [0.3, 0.4) is 0 Å². The minimum atomic E-state index is 0.0232. The van der Waals surface area contributed by atoms with Crippen LogP contribution in [0.5, 0.6) is 5.75 Å². The molecule has 0 spiro atoms. The highest BCUT2D eigenvalue weighted by molar-refractivity contribution is 5.92.